The minimum atomic E-state index is -1.70. The smallest absolute Gasteiger partial charge is 0.394 e. The molecule has 0 aliphatic heterocycles. The lowest BCUT2D eigenvalue weighted by Crippen LogP contribution is -2.24. The first-order valence-corrected chi connectivity index (χ1v) is 5.00. The lowest BCUT2D eigenvalue weighted by atomic mass is 10.1. The number of primary amides is 1. The van der Waals surface area contributed by atoms with Crippen LogP contribution in [0, 0.1) is 0 Å². The number of aliphatic carboxylic acids is 1. The summed E-state index contributed by atoms with van der Waals surface area (Å²) < 4.78 is 9.90. The maximum Gasteiger partial charge on any atom is 0.394 e. The quantitative estimate of drug-likeness (QED) is 0.650. The molecule has 0 aromatic heterocycles. The summed E-state index contributed by atoms with van der Waals surface area (Å²) in [4.78, 5) is 33.0. The summed E-state index contributed by atoms with van der Waals surface area (Å²) in [6.07, 6.45) is 0. The molecule has 19 heavy (non-hydrogen) atoms. The van der Waals surface area contributed by atoms with Gasteiger partial charge in [0.05, 0.1) is 19.9 Å². The lowest BCUT2D eigenvalue weighted by Gasteiger charge is -2.13. The molecule has 4 N–H and O–H groups in total. The van der Waals surface area contributed by atoms with E-state index in [4.69, 9.17) is 20.3 Å². The molecule has 8 heteroatoms. The van der Waals surface area contributed by atoms with E-state index < -0.39 is 17.8 Å². The van der Waals surface area contributed by atoms with Crippen molar-refractivity contribution < 1.29 is 29.0 Å². The Hall–Kier alpha value is -2.77. The number of carbonyl (C=O) groups is 3. The highest BCUT2D eigenvalue weighted by Gasteiger charge is 2.21. The van der Waals surface area contributed by atoms with E-state index in [1.165, 1.54) is 26.4 Å². The van der Waals surface area contributed by atoms with Gasteiger partial charge in [-0.3, -0.25) is 9.59 Å². The Morgan fingerprint density at radius 2 is 1.84 bits per heavy atom. The number of hydrogen-bond acceptors (Lipinski definition) is 5. The van der Waals surface area contributed by atoms with Gasteiger partial charge in [0, 0.05) is 12.1 Å². The molecule has 0 saturated carbocycles. The van der Waals surface area contributed by atoms with E-state index >= 15 is 0 Å². The number of carboxylic acid groups (broad SMARTS) is 1. The van der Waals surface area contributed by atoms with Gasteiger partial charge in [0.1, 0.15) is 17.1 Å². The molecule has 0 aliphatic rings. The number of anilines is 1. The van der Waals surface area contributed by atoms with Crippen molar-refractivity contribution in [3.8, 4) is 11.5 Å². The van der Waals surface area contributed by atoms with Gasteiger partial charge in [0.2, 0.25) is 0 Å². The highest BCUT2D eigenvalue weighted by Crippen LogP contribution is 2.32. The third-order valence-electron chi connectivity index (χ3n) is 2.22. The van der Waals surface area contributed by atoms with E-state index in [-0.39, 0.29) is 22.7 Å². The van der Waals surface area contributed by atoms with Gasteiger partial charge in [-0.15, -0.1) is 0 Å². The van der Waals surface area contributed by atoms with Crippen molar-refractivity contribution in [3.63, 3.8) is 0 Å². The molecule has 1 aromatic rings. The molecule has 1 rings (SSSR count). The van der Waals surface area contributed by atoms with Crippen LogP contribution >= 0.6 is 0 Å². The Morgan fingerprint density at radius 1 is 1.21 bits per heavy atom. The Kier molecular flexibility index (Phi) is 4.30. The van der Waals surface area contributed by atoms with Crippen molar-refractivity contribution >= 4 is 23.5 Å². The summed E-state index contributed by atoms with van der Waals surface area (Å²) in [6, 6.07) is 2.65. The molecule has 0 unspecified atom stereocenters. The van der Waals surface area contributed by atoms with Crippen LogP contribution in [-0.2, 0) is 9.59 Å². The molecular formula is C11H12N2O6. The molecule has 0 saturated heterocycles. The van der Waals surface area contributed by atoms with Gasteiger partial charge in [-0.05, 0) is 0 Å². The molecule has 102 valence electrons. The minimum absolute atomic E-state index is 0.0625. The number of nitrogens with one attached hydrogen (secondary N) is 1. The van der Waals surface area contributed by atoms with Crippen LogP contribution in [0.4, 0.5) is 5.69 Å². The molecule has 0 aliphatic carbocycles. The van der Waals surface area contributed by atoms with Crippen LogP contribution in [0.3, 0.4) is 0 Å². The zero-order valence-corrected chi connectivity index (χ0v) is 10.2. The van der Waals surface area contributed by atoms with Crippen molar-refractivity contribution in [2.24, 2.45) is 5.73 Å². The standard InChI is InChI=1S/C11H12N2O6/c1-18-5-3-6(13-10(15)11(16)17)8(9(12)14)7(4-5)19-2/h3-4H,1-2H3,(H2,12,14)(H,13,15)(H,16,17). The van der Waals surface area contributed by atoms with E-state index in [1.54, 1.807) is 0 Å². The first-order valence-electron chi connectivity index (χ1n) is 5.00. The summed E-state index contributed by atoms with van der Waals surface area (Å²) in [6.45, 7) is 0. The maximum absolute atomic E-state index is 11.4. The van der Waals surface area contributed by atoms with Gasteiger partial charge >= 0.3 is 11.9 Å². The predicted molar refractivity (Wildman–Crippen MR) is 64.3 cm³/mol. The molecule has 0 bridgehead atoms. The first-order chi connectivity index (χ1) is 8.90. The Morgan fingerprint density at radius 3 is 2.26 bits per heavy atom. The first kappa shape index (κ1) is 14.3. The van der Waals surface area contributed by atoms with Crippen LogP contribution < -0.4 is 20.5 Å². The van der Waals surface area contributed by atoms with Gasteiger partial charge < -0.3 is 25.6 Å². The predicted octanol–water partition coefficient (Wildman–Crippen LogP) is -0.174. The highest BCUT2D eigenvalue weighted by molar-refractivity contribution is 6.37. The minimum Gasteiger partial charge on any atom is -0.497 e. The summed E-state index contributed by atoms with van der Waals surface area (Å²) in [5, 5.41) is 10.6. The van der Waals surface area contributed by atoms with Gasteiger partial charge in [-0.2, -0.15) is 0 Å². The molecule has 0 atom stereocenters. The number of ether oxygens (including phenoxy) is 2. The van der Waals surface area contributed by atoms with Crippen molar-refractivity contribution in [2.45, 2.75) is 0 Å². The monoisotopic (exact) mass is 268 g/mol. The summed E-state index contributed by atoms with van der Waals surface area (Å²) in [7, 11) is 2.66. The van der Waals surface area contributed by atoms with Crippen molar-refractivity contribution in [3.05, 3.63) is 17.7 Å². The average molecular weight is 268 g/mol. The van der Waals surface area contributed by atoms with Gasteiger partial charge in [0.25, 0.3) is 5.91 Å². The van der Waals surface area contributed by atoms with E-state index in [9.17, 15) is 14.4 Å². The summed E-state index contributed by atoms with van der Waals surface area (Å²) >= 11 is 0. The topological polar surface area (TPSA) is 128 Å². The molecule has 1 aromatic carbocycles. The van der Waals surface area contributed by atoms with Crippen molar-refractivity contribution in [1.82, 2.24) is 0 Å². The lowest BCUT2D eigenvalue weighted by molar-refractivity contribution is -0.147. The Labute approximate surface area is 108 Å². The number of amides is 2. The van der Waals surface area contributed by atoms with Gasteiger partial charge in [0.15, 0.2) is 0 Å². The number of benzene rings is 1. The van der Waals surface area contributed by atoms with E-state index in [0.29, 0.717) is 0 Å². The van der Waals surface area contributed by atoms with Crippen LogP contribution in [0.15, 0.2) is 12.1 Å². The molecule has 0 spiro atoms. The summed E-state index contributed by atoms with van der Waals surface area (Å²) in [5.41, 5.74) is 4.93. The van der Waals surface area contributed by atoms with Gasteiger partial charge in [-0.25, -0.2) is 4.79 Å². The molecule has 8 nitrogen and oxygen atoms in total. The zero-order valence-electron chi connectivity index (χ0n) is 10.2. The van der Waals surface area contributed by atoms with E-state index in [0.717, 1.165) is 0 Å². The van der Waals surface area contributed by atoms with Crippen LogP contribution in [-0.4, -0.2) is 37.1 Å². The SMILES string of the molecule is COc1cc(NC(=O)C(=O)O)c(C(N)=O)c(OC)c1. The van der Waals surface area contributed by atoms with Crippen LogP contribution in [0.1, 0.15) is 10.4 Å². The average Bonchev–Trinajstić information content (AvgIpc) is 2.36. The number of carbonyl (C=O) groups excluding carboxylic acids is 2. The second-order valence-electron chi connectivity index (χ2n) is 3.38. The van der Waals surface area contributed by atoms with Crippen LogP contribution in [0.5, 0.6) is 11.5 Å². The van der Waals surface area contributed by atoms with Gasteiger partial charge in [-0.1, -0.05) is 0 Å². The maximum atomic E-state index is 11.4. The van der Waals surface area contributed by atoms with Crippen LogP contribution in [0.2, 0.25) is 0 Å². The van der Waals surface area contributed by atoms with Crippen molar-refractivity contribution in [2.75, 3.05) is 19.5 Å². The molecule has 2 amide bonds. The normalized spacial score (nSPS) is 9.58. The fourth-order valence-electron chi connectivity index (χ4n) is 1.40. The zero-order chi connectivity index (χ0) is 14.6. The van der Waals surface area contributed by atoms with Crippen LogP contribution in [0.25, 0.3) is 0 Å². The number of nitrogens with two attached hydrogens (primary N) is 1. The fraction of sp³-hybridized carbons (Fsp3) is 0.182. The number of hydrogen-bond donors (Lipinski definition) is 3. The Bertz CT molecular complexity index is 540. The Balaban J connectivity index is 3.37. The molecule has 0 radical (unpaired) electrons. The van der Waals surface area contributed by atoms with Crippen molar-refractivity contribution in [1.29, 1.82) is 0 Å². The fourth-order valence-corrected chi connectivity index (χ4v) is 1.40. The van der Waals surface area contributed by atoms with E-state index in [1.807, 2.05) is 5.32 Å². The molecular weight excluding hydrogens is 256 g/mol. The largest absolute Gasteiger partial charge is 0.497 e. The highest BCUT2D eigenvalue weighted by atomic mass is 16.5. The second kappa shape index (κ2) is 5.71. The number of rotatable bonds is 4. The summed E-state index contributed by atoms with van der Waals surface area (Å²) in [5.74, 6) is -3.55. The number of carboxylic acids is 1. The molecule has 0 heterocycles. The third-order valence-corrected chi connectivity index (χ3v) is 2.22. The second-order valence-corrected chi connectivity index (χ2v) is 3.38. The third kappa shape index (κ3) is 3.12. The number of methoxy groups -OCH3 is 2. The van der Waals surface area contributed by atoms with E-state index in [2.05, 4.69) is 0 Å². The molecule has 0 fully saturated rings.